The number of halogens is 5. The van der Waals surface area contributed by atoms with Crippen molar-refractivity contribution in [2.75, 3.05) is 25.6 Å². The zero-order valence-electron chi connectivity index (χ0n) is 25.0. The van der Waals surface area contributed by atoms with Crippen LogP contribution in [-0.4, -0.2) is 64.0 Å². The molecule has 0 fully saturated rings. The van der Waals surface area contributed by atoms with Gasteiger partial charge in [-0.1, -0.05) is 0 Å². The van der Waals surface area contributed by atoms with Gasteiger partial charge in [-0.05, 0) is 62.7 Å². The molecule has 0 aliphatic rings. The molecule has 0 unspecified atom stereocenters. The van der Waals surface area contributed by atoms with Crippen molar-refractivity contribution in [3.63, 3.8) is 0 Å². The van der Waals surface area contributed by atoms with E-state index in [2.05, 4.69) is 15.0 Å². The van der Waals surface area contributed by atoms with Crippen LogP contribution in [0.25, 0.3) is 0 Å². The third-order valence-electron chi connectivity index (χ3n) is 5.92. The molecular weight excluding hydrogens is 644 g/mol. The lowest BCUT2D eigenvalue weighted by Gasteiger charge is -2.28. The second-order valence-electron chi connectivity index (χ2n) is 10.6. The number of hydrogen-bond donors (Lipinski definition) is 2. The molecule has 1 heterocycles. The number of carbonyl (C=O) groups excluding carboxylic acids is 1. The third kappa shape index (κ3) is 10.9. The summed E-state index contributed by atoms with van der Waals surface area (Å²) in [5.74, 6) is -2.41. The van der Waals surface area contributed by atoms with Crippen LogP contribution in [0.3, 0.4) is 0 Å². The van der Waals surface area contributed by atoms with Gasteiger partial charge in [-0.15, -0.1) is 12.4 Å². The van der Waals surface area contributed by atoms with Crippen LogP contribution in [0.15, 0.2) is 48.5 Å². The number of carbonyl (C=O) groups is 2. The molecule has 0 saturated heterocycles. The number of nitrogens with zero attached hydrogens (tertiary/aromatic N) is 3. The topological polar surface area (TPSA) is 153 Å². The molecule has 0 atom stereocenters. The number of alkyl halides is 3. The first kappa shape index (κ1) is 37.3. The summed E-state index contributed by atoms with van der Waals surface area (Å²) in [6.07, 6.45) is -5.59. The molecule has 0 aliphatic carbocycles. The van der Waals surface area contributed by atoms with Gasteiger partial charge in [0.25, 0.3) is 5.69 Å². The van der Waals surface area contributed by atoms with Crippen LogP contribution in [0.4, 0.5) is 39.4 Å². The van der Waals surface area contributed by atoms with E-state index in [9.17, 15) is 42.4 Å². The van der Waals surface area contributed by atoms with E-state index in [1.54, 1.807) is 20.8 Å². The summed E-state index contributed by atoms with van der Waals surface area (Å²) in [4.78, 5) is 41.4. The Morgan fingerprint density at radius 2 is 1.74 bits per heavy atom. The molecule has 0 aliphatic heterocycles. The first-order valence-corrected chi connectivity index (χ1v) is 13.2. The van der Waals surface area contributed by atoms with Gasteiger partial charge in [0.05, 0.1) is 29.8 Å². The summed E-state index contributed by atoms with van der Waals surface area (Å²) in [5.41, 5.74) is -1.42. The lowest BCUT2D eigenvalue weighted by atomic mass is 10.1. The molecule has 250 valence electrons. The lowest BCUT2D eigenvalue weighted by Crippen LogP contribution is -2.38. The Balaban J connectivity index is 0.00000736. The summed E-state index contributed by atoms with van der Waals surface area (Å²) in [6.45, 7) is 2.78. The van der Waals surface area contributed by atoms with Crippen LogP contribution < -0.4 is 14.8 Å². The Bertz CT molecular complexity index is 1570. The van der Waals surface area contributed by atoms with E-state index < -0.39 is 46.8 Å². The van der Waals surface area contributed by atoms with Crippen LogP contribution in [0.1, 0.15) is 42.4 Å². The first-order valence-electron chi connectivity index (χ1n) is 13.2. The number of carboxylic acids is 1. The van der Waals surface area contributed by atoms with Gasteiger partial charge in [0.2, 0.25) is 5.88 Å². The van der Waals surface area contributed by atoms with Crippen molar-refractivity contribution in [1.29, 1.82) is 0 Å². The maximum absolute atomic E-state index is 14.5. The number of benzene rings is 2. The standard InChI is InChI=1S/C29H30F4N4O8.ClH/c1-28(2,3)45-27(40)36(12-11-23-24(37(41)42)9-10-25(35-23)43-4)15-17-13-18(30)5-7-21(17)34-22-8-6-19(14-20(22)26(38)39)44-16-29(31,32)33;/h5-10,13-14,34H,11-12,15-16H2,1-4H3,(H,38,39);1H. The molecule has 0 radical (unpaired) electrons. The summed E-state index contributed by atoms with van der Waals surface area (Å²) in [5, 5.41) is 24.1. The number of nitro groups is 1. The number of nitrogens with one attached hydrogen (secondary N) is 1. The van der Waals surface area contributed by atoms with Crippen molar-refractivity contribution in [3.8, 4) is 11.6 Å². The molecule has 0 saturated carbocycles. The fraction of sp³-hybridized carbons (Fsp3) is 0.345. The quantitative estimate of drug-likeness (QED) is 0.118. The Morgan fingerprint density at radius 1 is 1.07 bits per heavy atom. The van der Waals surface area contributed by atoms with Crippen LogP contribution >= 0.6 is 12.4 Å². The number of amides is 1. The largest absolute Gasteiger partial charge is 0.484 e. The SMILES string of the molecule is COc1ccc([N+](=O)[O-])c(CCN(Cc2cc(F)ccc2Nc2ccc(OCC(F)(F)F)cc2C(=O)O)C(=O)OC(C)(C)C)n1.Cl. The molecule has 46 heavy (non-hydrogen) atoms. The number of rotatable bonds is 12. The number of anilines is 2. The number of aromatic carboxylic acids is 1. The maximum atomic E-state index is 14.5. The second kappa shape index (κ2) is 15.4. The molecular formula is C29H31ClF4N4O8. The van der Waals surface area contributed by atoms with Gasteiger partial charge in [0, 0.05) is 30.8 Å². The van der Waals surface area contributed by atoms with Gasteiger partial charge in [-0.2, -0.15) is 13.2 Å². The fourth-order valence-corrected chi connectivity index (χ4v) is 3.97. The van der Waals surface area contributed by atoms with Crippen molar-refractivity contribution in [1.82, 2.24) is 9.88 Å². The van der Waals surface area contributed by atoms with Gasteiger partial charge >= 0.3 is 18.2 Å². The predicted molar refractivity (Wildman–Crippen MR) is 160 cm³/mol. The van der Waals surface area contributed by atoms with E-state index in [1.807, 2.05) is 0 Å². The Hall–Kier alpha value is -4.86. The number of pyridine rings is 1. The molecule has 2 N–H and O–H groups in total. The van der Waals surface area contributed by atoms with Crippen molar-refractivity contribution < 1.29 is 51.4 Å². The molecule has 1 amide bonds. The summed E-state index contributed by atoms with van der Waals surface area (Å²) in [7, 11) is 1.34. The van der Waals surface area contributed by atoms with Crippen LogP contribution in [0, 0.1) is 15.9 Å². The summed E-state index contributed by atoms with van der Waals surface area (Å²) >= 11 is 0. The molecule has 2 aromatic carbocycles. The van der Waals surface area contributed by atoms with Crippen molar-refractivity contribution in [2.45, 2.75) is 45.5 Å². The zero-order chi connectivity index (χ0) is 33.5. The maximum Gasteiger partial charge on any atom is 0.422 e. The molecule has 0 spiro atoms. The molecule has 1 aromatic heterocycles. The number of carboxylic acid groups (broad SMARTS) is 1. The predicted octanol–water partition coefficient (Wildman–Crippen LogP) is 6.92. The van der Waals surface area contributed by atoms with Gasteiger partial charge in [0.1, 0.15) is 22.9 Å². The Kier molecular flexibility index (Phi) is 12.5. The minimum Gasteiger partial charge on any atom is -0.484 e. The highest BCUT2D eigenvalue weighted by molar-refractivity contribution is 5.96. The third-order valence-corrected chi connectivity index (χ3v) is 5.92. The highest BCUT2D eigenvalue weighted by atomic mass is 35.5. The van der Waals surface area contributed by atoms with Gasteiger partial charge in [0.15, 0.2) is 6.61 Å². The monoisotopic (exact) mass is 674 g/mol. The summed E-state index contributed by atoms with van der Waals surface area (Å²) < 4.78 is 67.4. The zero-order valence-corrected chi connectivity index (χ0v) is 25.8. The number of ether oxygens (including phenoxy) is 3. The van der Waals surface area contributed by atoms with E-state index in [0.717, 1.165) is 24.3 Å². The van der Waals surface area contributed by atoms with E-state index in [1.165, 1.54) is 36.3 Å². The Labute approximate surface area is 266 Å². The van der Waals surface area contributed by atoms with Crippen LogP contribution in [0.2, 0.25) is 0 Å². The van der Waals surface area contributed by atoms with E-state index in [-0.39, 0.29) is 71.9 Å². The normalized spacial score (nSPS) is 11.2. The minimum absolute atomic E-state index is 0. The van der Waals surface area contributed by atoms with Crippen LogP contribution in [0.5, 0.6) is 11.6 Å². The molecule has 3 aromatic rings. The highest BCUT2D eigenvalue weighted by Crippen LogP contribution is 2.30. The fourth-order valence-electron chi connectivity index (χ4n) is 3.97. The summed E-state index contributed by atoms with van der Waals surface area (Å²) in [6, 6.07) is 9.20. The lowest BCUT2D eigenvalue weighted by molar-refractivity contribution is -0.386. The van der Waals surface area contributed by atoms with E-state index >= 15 is 0 Å². The van der Waals surface area contributed by atoms with Gasteiger partial charge in [-0.25, -0.2) is 19.0 Å². The highest BCUT2D eigenvalue weighted by Gasteiger charge is 2.29. The van der Waals surface area contributed by atoms with Gasteiger partial charge < -0.3 is 29.5 Å². The van der Waals surface area contributed by atoms with E-state index in [0.29, 0.717) is 0 Å². The average molecular weight is 675 g/mol. The number of hydrogen-bond acceptors (Lipinski definition) is 9. The molecule has 17 heteroatoms. The molecule has 12 nitrogen and oxygen atoms in total. The smallest absolute Gasteiger partial charge is 0.422 e. The molecule has 0 bridgehead atoms. The minimum atomic E-state index is -4.64. The first-order chi connectivity index (χ1) is 21.0. The average Bonchev–Trinajstić information content (AvgIpc) is 2.94. The molecule has 3 rings (SSSR count). The Morgan fingerprint density at radius 3 is 2.33 bits per heavy atom. The van der Waals surface area contributed by atoms with Gasteiger partial charge in [-0.3, -0.25) is 10.1 Å². The number of methoxy groups -OCH3 is 1. The van der Waals surface area contributed by atoms with E-state index in [4.69, 9.17) is 9.47 Å². The number of aromatic nitrogens is 1. The van der Waals surface area contributed by atoms with Crippen molar-refractivity contribution >= 4 is 41.5 Å². The van der Waals surface area contributed by atoms with Crippen LogP contribution in [-0.2, 0) is 17.7 Å². The second-order valence-corrected chi connectivity index (χ2v) is 10.6. The van der Waals surface area contributed by atoms with Crippen molar-refractivity contribution in [2.24, 2.45) is 0 Å². The van der Waals surface area contributed by atoms with Crippen molar-refractivity contribution in [3.05, 3.63) is 81.3 Å².